The number of aromatic nitrogens is 2. The van der Waals surface area contributed by atoms with Crippen molar-refractivity contribution in [2.75, 3.05) is 11.4 Å². The molecule has 2 aliphatic heterocycles. The maximum absolute atomic E-state index is 10.7. The minimum Gasteiger partial charge on any atom is -0.338 e. The second-order valence-electron chi connectivity index (χ2n) is 5.55. The summed E-state index contributed by atoms with van der Waals surface area (Å²) in [6, 6.07) is 1.64. The Bertz CT molecular complexity index is 480. The van der Waals surface area contributed by atoms with Crippen molar-refractivity contribution in [3.05, 3.63) is 22.5 Å². The van der Waals surface area contributed by atoms with Gasteiger partial charge >= 0.3 is 5.69 Å². The molecule has 0 amide bonds. The lowest BCUT2D eigenvalue weighted by atomic mass is 9.98. The molecule has 0 aromatic carbocycles. The number of hydrogen-bond acceptors (Lipinski definition) is 6. The Morgan fingerprint density at radius 3 is 2.45 bits per heavy atom. The predicted octanol–water partition coefficient (Wildman–Crippen LogP) is 1.49. The molecule has 1 aromatic heterocycles. The summed E-state index contributed by atoms with van der Waals surface area (Å²) in [6.07, 6.45) is 7.29. The summed E-state index contributed by atoms with van der Waals surface area (Å²) in [5, 5.41) is 14.3. The number of nitro groups is 1. The smallest absolute Gasteiger partial charge is 0.305 e. The fourth-order valence-corrected chi connectivity index (χ4v) is 3.40. The van der Waals surface area contributed by atoms with Crippen molar-refractivity contribution in [3.63, 3.8) is 0 Å². The first-order valence-electron chi connectivity index (χ1n) is 7.16. The molecule has 0 radical (unpaired) electrons. The molecule has 2 aliphatic rings. The minimum absolute atomic E-state index is 0.0600. The van der Waals surface area contributed by atoms with Crippen molar-refractivity contribution in [2.24, 2.45) is 0 Å². The molecule has 2 bridgehead atoms. The molecule has 2 saturated heterocycles. The third-order valence-electron chi connectivity index (χ3n) is 4.32. The standard InChI is InChI=1S/C13H19N5O2/c1-2-17(11-5-9-3-4-10(6-11)16-9)13-14-7-12(8-15-13)18(19)20/h7-11,16H,2-6H2,1H3. The fraction of sp³-hybridized carbons (Fsp3) is 0.692. The van der Waals surface area contributed by atoms with Gasteiger partial charge in [-0.05, 0) is 32.6 Å². The van der Waals surface area contributed by atoms with Crippen molar-refractivity contribution < 1.29 is 4.92 Å². The molecule has 7 nitrogen and oxygen atoms in total. The fourth-order valence-electron chi connectivity index (χ4n) is 3.40. The van der Waals surface area contributed by atoms with Gasteiger partial charge in [0.2, 0.25) is 5.95 Å². The first-order valence-corrected chi connectivity index (χ1v) is 7.16. The van der Waals surface area contributed by atoms with E-state index in [1.807, 2.05) is 0 Å². The Hall–Kier alpha value is -1.76. The Kier molecular flexibility index (Phi) is 3.52. The topological polar surface area (TPSA) is 84.2 Å². The van der Waals surface area contributed by atoms with E-state index in [1.54, 1.807) is 0 Å². The van der Waals surface area contributed by atoms with Gasteiger partial charge in [0.05, 0.1) is 4.92 Å². The quantitative estimate of drug-likeness (QED) is 0.663. The zero-order chi connectivity index (χ0) is 14.1. The highest BCUT2D eigenvalue weighted by Crippen LogP contribution is 2.31. The molecule has 3 rings (SSSR count). The molecule has 2 fully saturated rings. The largest absolute Gasteiger partial charge is 0.338 e. The van der Waals surface area contributed by atoms with Crippen molar-refractivity contribution in [1.82, 2.24) is 15.3 Å². The van der Waals surface area contributed by atoms with E-state index in [0.717, 1.165) is 19.4 Å². The number of hydrogen-bond donors (Lipinski definition) is 1. The van der Waals surface area contributed by atoms with Crippen LogP contribution in [0.15, 0.2) is 12.4 Å². The van der Waals surface area contributed by atoms with Gasteiger partial charge in [0.25, 0.3) is 0 Å². The van der Waals surface area contributed by atoms with Crippen LogP contribution in [0.3, 0.4) is 0 Å². The molecule has 2 unspecified atom stereocenters. The zero-order valence-corrected chi connectivity index (χ0v) is 11.5. The van der Waals surface area contributed by atoms with E-state index in [2.05, 4.69) is 27.1 Å². The molecule has 108 valence electrons. The van der Waals surface area contributed by atoms with Gasteiger partial charge in [0.1, 0.15) is 12.4 Å². The average molecular weight is 277 g/mol. The van der Waals surface area contributed by atoms with Crippen LogP contribution < -0.4 is 10.2 Å². The molecular weight excluding hydrogens is 258 g/mol. The molecule has 20 heavy (non-hydrogen) atoms. The van der Waals surface area contributed by atoms with Crippen molar-refractivity contribution in [2.45, 2.75) is 50.7 Å². The number of piperidine rings is 1. The Morgan fingerprint density at radius 2 is 1.95 bits per heavy atom. The SMILES string of the molecule is CCN(c1ncc([N+](=O)[O-])cn1)C1CC2CCC(C1)N2. The highest BCUT2D eigenvalue weighted by Gasteiger charge is 2.36. The van der Waals surface area contributed by atoms with Gasteiger partial charge in [-0.1, -0.05) is 0 Å². The lowest BCUT2D eigenvalue weighted by molar-refractivity contribution is -0.385. The van der Waals surface area contributed by atoms with Crippen LogP contribution in [-0.4, -0.2) is 39.6 Å². The monoisotopic (exact) mass is 277 g/mol. The lowest BCUT2D eigenvalue weighted by Crippen LogP contribution is -2.48. The number of nitrogens with one attached hydrogen (secondary N) is 1. The van der Waals surface area contributed by atoms with E-state index in [-0.39, 0.29) is 5.69 Å². The molecule has 0 spiro atoms. The summed E-state index contributed by atoms with van der Waals surface area (Å²) in [4.78, 5) is 20.7. The second-order valence-corrected chi connectivity index (χ2v) is 5.55. The van der Waals surface area contributed by atoms with Gasteiger partial charge in [-0.2, -0.15) is 0 Å². The molecule has 7 heteroatoms. The minimum atomic E-state index is -0.467. The first-order chi connectivity index (χ1) is 9.67. The van der Waals surface area contributed by atoms with Crippen LogP contribution in [0, 0.1) is 10.1 Å². The number of rotatable bonds is 4. The molecule has 1 N–H and O–H groups in total. The Morgan fingerprint density at radius 1 is 1.35 bits per heavy atom. The highest BCUT2D eigenvalue weighted by atomic mass is 16.6. The van der Waals surface area contributed by atoms with Crippen LogP contribution in [0.4, 0.5) is 11.6 Å². The summed E-state index contributed by atoms with van der Waals surface area (Å²) in [5.41, 5.74) is -0.0600. The maximum Gasteiger partial charge on any atom is 0.305 e. The number of nitrogens with zero attached hydrogens (tertiary/aromatic N) is 4. The summed E-state index contributed by atoms with van der Waals surface area (Å²) >= 11 is 0. The van der Waals surface area contributed by atoms with Crippen molar-refractivity contribution in [1.29, 1.82) is 0 Å². The van der Waals surface area contributed by atoms with Crippen LogP contribution >= 0.6 is 0 Å². The van der Waals surface area contributed by atoms with Crippen LogP contribution in [-0.2, 0) is 0 Å². The molecule has 0 saturated carbocycles. The molecule has 3 heterocycles. The third-order valence-corrected chi connectivity index (χ3v) is 4.32. The first kappa shape index (κ1) is 13.2. The van der Waals surface area contributed by atoms with Crippen molar-refractivity contribution in [3.8, 4) is 0 Å². The van der Waals surface area contributed by atoms with Gasteiger partial charge in [-0.3, -0.25) is 10.1 Å². The Balaban J connectivity index is 1.77. The van der Waals surface area contributed by atoms with Crippen LogP contribution in [0.2, 0.25) is 0 Å². The van der Waals surface area contributed by atoms with E-state index in [9.17, 15) is 10.1 Å². The summed E-state index contributed by atoms with van der Waals surface area (Å²) in [5.74, 6) is 0.601. The summed E-state index contributed by atoms with van der Waals surface area (Å²) < 4.78 is 0. The molecular formula is C13H19N5O2. The van der Waals surface area contributed by atoms with E-state index in [1.165, 1.54) is 25.2 Å². The van der Waals surface area contributed by atoms with Crippen LogP contribution in [0.1, 0.15) is 32.6 Å². The predicted molar refractivity (Wildman–Crippen MR) is 74.7 cm³/mol. The van der Waals surface area contributed by atoms with Gasteiger partial charge in [0.15, 0.2) is 0 Å². The van der Waals surface area contributed by atoms with E-state index in [4.69, 9.17) is 0 Å². The summed E-state index contributed by atoms with van der Waals surface area (Å²) in [7, 11) is 0. The summed E-state index contributed by atoms with van der Waals surface area (Å²) in [6.45, 7) is 2.90. The maximum atomic E-state index is 10.7. The molecule has 0 aliphatic carbocycles. The van der Waals surface area contributed by atoms with E-state index in [0.29, 0.717) is 24.1 Å². The molecule has 1 aromatic rings. The Labute approximate surface area is 117 Å². The van der Waals surface area contributed by atoms with Gasteiger partial charge < -0.3 is 10.2 Å². The van der Waals surface area contributed by atoms with Gasteiger partial charge in [-0.15, -0.1) is 0 Å². The van der Waals surface area contributed by atoms with Crippen LogP contribution in [0.25, 0.3) is 0 Å². The van der Waals surface area contributed by atoms with Gasteiger partial charge in [-0.25, -0.2) is 9.97 Å². The normalized spacial score (nSPS) is 28.4. The van der Waals surface area contributed by atoms with Crippen molar-refractivity contribution >= 4 is 11.6 Å². The number of anilines is 1. The molecule has 2 atom stereocenters. The third kappa shape index (κ3) is 2.45. The average Bonchev–Trinajstić information content (AvgIpc) is 2.79. The van der Waals surface area contributed by atoms with E-state index < -0.39 is 4.92 Å². The van der Waals surface area contributed by atoms with Crippen LogP contribution in [0.5, 0.6) is 0 Å². The highest BCUT2D eigenvalue weighted by molar-refractivity contribution is 5.35. The van der Waals surface area contributed by atoms with E-state index >= 15 is 0 Å². The van der Waals surface area contributed by atoms with Gasteiger partial charge in [0, 0.05) is 24.7 Å². The lowest BCUT2D eigenvalue weighted by Gasteiger charge is -2.37. The zero-order valence-electron chi connectivity index (χ0n) is 11.5. The second kappa shape index (κ2) is 5.32. The number of fused-ring (bicyclic) bond motifs is 2.